The van der Waals surface area contributed by atoms with Crippen LogP contribution in [-0.2, 0) is 12.8 Å². The summed E-state index contributed by atoms with van der Waals surface area (Å²) in [4.78, 5) is 16.1. The predicted octanol–water partition coefficient (Wildman–Crippen LogP) is 1.97. The molecule has 1 atom stereocenters. The minimum absolute atomic E-state index is 0.303. The van der Waals surface area contributed by atoms with E-state index in [4.69, 9.17) is 0 Å². The molecule has 0 aliphatic heterocycles. The van der Waals surface area contributed by atoms with Crippen molar-refractivity contribution in [1.29, 1.82) is 0 Å². The molecule has 0 saturated carbocycles. The molecule has 4 N–H and O–H groups in total. The number of nitrogens with one attached hydrogen (secondary N) is 3. The fourth-order valence-electron chi connectivity index (χ4n) is 2.30. The van der Waals surface area contributed by atoms with Crippen molar-refractivity contribution in [3.63, 3.8) is 0 Å². The van der Waals surface area contributed by atoms with Gasteiger partial charge in [0, 0.05) is 18.4 Å². The van der Waals surface area contributed by atoms with Gasteiger partial charge in [0.2, 0.25) is 0 Å². The lowest BCUT2D eigenvalue weighted by Crippen LogP contribution is -2.15. The molecule has 1 aromatic heterocycles. The number of aromatic nitrogens is 2. The van der Waals surface area contributed by atoms with Gasteiger partial charge >= 0.3 is 5.69 Å². The van der Waals surface area contributed by atoms with Gasteiger partial charge in [-0.3, -0.25) is 0 Å². The Labute approximate surface area is 118 Å². The third-order valence-electron chi connectivity index (χ3n) is 3.45. The molecule has 2 rings (SSSR count). The topological polar surface area (TPSA) is 80.9 Å². The Bertz CT molecular complexity index is 593. The highest BCUT2D eigenvalue weighted by Crippen LogP contribution is 2.23. The summed E-state index contributed by atoms with van der Waals surface area (Å²) < 4.78 is 0. The second-order valence-electron chi connectivity index (χ2n) is 4.75. The standard InChI is InChI=1S/C15H21N3O2/c1-3-10-6-5-7-11(4-2)14(10)16-9-13(19)12-8-17-15(20)18-12/h5-8,13,16,19H,3-4,9H2,1-2H3,(H2,17,18,20). The second-order valence-corrected chi connectivity index (χ2v) is 4.75. The number of aliphatic hydroxyl groups excluding tert-OH is 1. The number of anilines is 1. The van der Waals surface area contributed by atoms with Crippen molar-refractivity contribution in [3.8, 4) is 0 Å². The first-order chi connectivity index (χ1) is 9.65. The van der Waals surface area contributed by atoms with E-state index < -0.39 is 6.10 Å². The van der Waals surface area contributed by atoms with Crippen LogP contribution in [0.3, 0.4) is 0 Å². The predicted molar refractivity (Wildman–Crippen MR) is 80.1 cm³/mol. The summed E-state index contributed by atoms with van der Waals surface area (Å²) in [6, 6.07) is 6.24. The number of benzene rings is 1. The maximum Gasteiger partial charge on any atom is 0.323 e. The number of para-hydroxylation sites is 1. The van der Waals surface area contributed by atoms with Gasteiger partial charge in [-0.2, -0.15) is 0 Å². The largest absolute Gasteiger partial charge is 0.385 e. The summed E-state index contributed by atoms with van der Waals surface area (Å²) >= 11 is 0. The van der Waals surface area contributed by atoms with Gasteiger partial charge in [0.05, 0.1) is 5.69 Å². The van der Waals surface area contributed by atoms with E-state index >= 15 is 0 Å². The van der Waals surface area contributed by atoms with Crippen LogP contribution in [0.4, 0.5) is 5.69 Å². The van der Waals surface area contributed by atoms with Gasteiger partial charge in [-0.15, -0.1) is 0 Å². The van der Waals surface area contributed by atoms with Crippen LogP contribution < -0.4 is 11.0 Å². The van der Waals surface area contributed by atoms with Gasteiger partial charge in [0.15, 0.2) is 0 Å². The molecule has 0 fully saturated rings. The monoisotopic (exact) mass is 275 g/mol. The van der Waals surface area contributed by atoms with Crippen molar-refractivity contribution >= 4 is 5.69 Å². The van der Waals surface area contributed by atoms with Crippen LogP contribution in [0.5, 0.6) is 0 Å². The van der Waals surface area contributed by atoms with Crippen LogP contribution in [0, 0.1) is 0 Å². The van der Waals surface area contributed by atoms with E-state index in [0.29, 0.717) is 12.2 Å². The molecule has 1 aromatic carbocycles. The van der Waals surface area contributed by atoms with Crippen molar-refractivity contribution in [2.45, 2.75) is 32.8 Å². The number of imidazole rings is 1. The molecule has 1 unspecified atom stereocenters. The zero-order chi connectivity index (χ0) is 14.5. The molecule has 5 heteroatoms. The fourth-order valence-corrected chi connectivity index (χ4v) is 2.30. The van der Waals surface area contributed by atoms with Crippen molar-refractivity contribution in [2.75, 3.05) is 11.9 Å². The van der Waals surface area contributed by atoms with E-state index in [9.17, 15) is 9.90 Å². The van der Waals surface area contributed by atoms with E-state index in [-0.39, 0.29) is 5.69 Å². The van der Waals surface area contributed by atoms with Gasteiger partial charge in [-0.05, 0) is 24.0 Å². The molecule has 108 valence electrons. The Morgan fingerprint density at radius 2 is 1.90 bits per heavy atom. The van der Waals surface area contributed by atoms with Crippen LogP contribution in [-0.4, -0.2) is 21.6 Å². The zero-order valence-corrected chi connectivity index (χ0v) is 11.9. The molecule has 0 bridgehead atoms. The first-order valence-corrected chi connectivity index (χ1v) is 6.96. The van der Waals surface area contributed by atoms with Gasteiger partial charge in [-0.25, -0.2) is 4.79 Å². The number of hydrogen-bond acceptors (Lipinski definition) is 3. The first kappa shape index (κ1) is 14.4. The van der Waals surface area contributed by atoms with Gasteiger partial charge in [0.25, 0.3) is 0 Å². The van der Waals surface area contributed by atoms with Gasteiger partial charge in [-0.1, -0.05) is 32.0 Å². The summed E-state index contributed by atoms with van der Waals surface area (Å²) in [7, 11) is 0. The zero-order valence-electron chi connectivity index (χ0n) is 11.9. The Morgan fingerprint density at radius 3 is 2.40 bits per heavy atom. The maximum absolute atomic E-state index is 11.0. The first-order valence-electron chi connectivity index (χ1n) is 6.96. The molecule has 0 aliphatic carbocycles. The third kappa shape index (κ3) is 3.11. The summed E-state index contributed by atoms with van der Waals surface area (Å²) in [5.41, 5.74) is 3.75. The van der Waals surface area contributed by atoms with E-state index in [1.54, 1.807) is 0 Å². The lowest BCUT2D eigenvalue weighted by Gasteiger charge is -2.17. The van der Waals surface area contributed by atoms with Crippen LogP contribution in [0.2, 0.25) is 0 Å². The van der Waals surface area contributed by atoms with Crippen molar-refractivity contribution in [3.05, 3.63) is 51.7 Å². The fraction of sp³-hybridized carbons (Fsp3) is 0.400. The van der Waals surface area contributed by atoms with Crippen LogP contribution in [0.15, 0.2) is 29.2 Å². The van der Waals surface area contributed by atoms with E-state index in [2.05, 4.69) is 47.3 Å². The molecule has 0 amide bonds. The second kappa shape index (κ2) is 6.43. The van der Waals surface area contributed by atoms with Crippen molar-refractivity contribution in [2.24, 2.45) is 0 Å². The highest BCUT2D eigenvalue weighted by Gasteiger charge is 2.12. The SMILES string of the molecule is CCc1cccc(CC)c1NCC(O)c1c[nH]c(=O)[nH]1. The summed E-state index contributed by atoms with van der Waals surface area (Å²) in [5, 5.41) is 13.4. The van der Waals surface area contributed by atoms with E-state index in [1.807, 2.05) is 0 Å². The van der Waals surface area contributed by atoms with Crippen LogP contribution >= 0.6 is 0 Å². The average molecular weight is 275 g/mol. The average Bonchev–Trinajstić information content (AvgIpc) is 2.90. The number of H-pyrrole nitrogens is 2. The molecule has 20 heavy (non-hydrogen) atoms. The van der Waals surface area contributed by atoms with Crippen molar-refractivity contribution in [1.82, 2.24) is 9.97 Å². The van der Waals surface area contributed by atoms with E-state index in [0.717, 1.165) is 18.5 Å². The minimum Gasteiger partial charge on any atom is -0.385 e. The molecule has 5 nitrogen and oxygen atoms in total. The summed E-state index contributed by atoms with van der Waals surface area (Å²) in [6.45, 7) is 4.58. The molecule has 0 radical (unpaired) electrons. The molecular weight excluding hydrogens is 254 g/mol. The number of rotatable bonds is 6. The number of aryl methyl sites for hydroxylation is 2. The molecule has 2 aromatic rings. The lowest BCUT2D eigenvalue weighted by atomic mass is 10.0. The highest BCUT2D eigenvalue weighted by molar-refractivity contribution is 5.58. The molecule has 1 heterocycles. The molecule has 0 aliphatic rings. The number of aromatic amines is 2. The van der Waals surface area contributed by atoms with Crippen LogP contribution in [0.25, 0.3) is 0 Å². The normalized spacial score (nSPS) is 12.3. The molecule has 0 spiro atoms. The molecular formula is C15H21N3O2. The van der Waals surface area contributed by atoms with Gasteiger partial charge in [0.1, 0.15) is 6.10 Å². The Kier molecular flexibility index (Phi) is 4.63. The van der Waals surface area contributed by atoms with Crippen molar-refractivity contribution < 1.29 is 5.11 Å². The number of hydrogen-bond donors (Lipinski definition) is 4. The van der Waals surface area contributed by atoms with E-state index in [1.165, 1.54) is 17.3 Å². The van der Waals surface area contributed by atoms with Gasteiger partial charge < -0.3 is 20.4 Å². The third-order valence-corrected chi connectivity index (χ3v) is 3.45. The Balaban J connectivity index is 2.12. The quantitative estimate of drug-likeness (QED) is 0.650. The summed E-state index contributed by atoms with van der Waals surface area (Å²) in [6.07, 6.45) is 2.63. The Morgan fingerprint density at radius 1 is 1.25 bits per heavy atom. The number of aliphatic hydroxyl groups is 1. The Hall–Kier alpha value is -2.01. The van der Waals surface area contributed by atoms with Crippen LogP contribution in [0.1, 0.15) is 36.8 Å². The minimum atomic E-state index is -0.747. The lowest BCUT2D eigenvalue weighted by molar-refractivity contribution is 0.187. The highest BCUT2D eigenvalue weighted by atomic mass is 16.3. The summed E-state index contributed by atoms with van der Waals surface area (Å²) in [5.74, 6) is 0. The molecule has 0 saturated heterocycles. The smallest absolute Gasteiger partial charge is 0.323 e. The maximum atomic E-state index is 11.0.